The molecule has 9 heteroatoms. The lowest BCUT2D eigenvalue weighted by molar-refractivity contribution is 0.0591. The fraction of sp³-hybridized carbons (Fsp3) is 0.364. The van der Waals surface area contributed by atoms with Crippen LogP contribution < -0.4 is 5.56 Å². The van der Waals surface area contributed by atoms with E-state index in [1.165, 1.54) is 12.1 Å². The second-order valence-corrected chi connectivity index (χ2v) is 8.79. The van der Waals surface area contributed by atoms with Crippen molar-refractivity contribution in [1.82, 2.24) is 19.2 Å². The smallest absolute Gasteiger partial charge is 0.272 e. The molecule has 3 aromatic rings. The Bertz CT molecular complexity index is 1200. The summed E-state index contributed by atoms with van der Waals surface area (Å²) in [5.74, 6) is -0.856. The van der Waals surface area contributed by atoms with E-state index in [9.17, 15) is 14.0 Å². The van der Waals surface area contributed by atoms with E-state index in [0.29, 0.717) is 36.8 Å². The number of piperazine rings is 1. The van der Waals surface area contributed by atoms with E-state index in [0.717, 1.165) is 18.7 Å². The standard InChI is InChI=1S/C22H23Cl2FN4O2/c1-13(2)27-5-7-28(8-6-27)22(31)16-10-14(3-4-18(16)25)9-15-12-26-21(30)19-11-17(23)20(24)29(15)19/h3-4,10-13H,5-9H2,1-2H3,(H,26,30). The van der Waals surface area contributed by atoms with Crippen LogP contribution in [0.15, 0.2) is 35.3 Å². The summed E-state index contributed by atoms with van der Waals surface area (Å²) in [5.41, 5.74) is 1.46. The Morgan fingerprint density at radius 2 is 1.87 bits per heavy atom. The van der Waals surface area contributed by atoms with Gasteiger partial charge in [-0.3, -0.25) is 18.9 Å². The summed E-state index contributed by atoms with van der Waals surface area (Å²) in [7, 11) is 0. The molecule has 0 radical (unpaired) electrons. The average molecular weight is 465 g/mol. The first-order valence-corrected chi connectivity index (χ1v) is 10.9. The Kier molecular flexibility index (Phi) is 6.10. The molecule has 0 aliphatic carbocycles. The second kappa shape index (κ2) is 8.65. The number of nitrogens with zero attached hydrogens (tertiary/aromatic N) is 3. The van der Waals surface area contributed by atoms with Gasteiger partial charge in [-0.05, 0) is 37.6 Å². The number of hydrogen-bond donors (Lipinski definition) is 1. The number of carbonyl (C=O) groups is 1. The van der Waals surface area contributed by atoms with Crippen LogP contribution >= 0.6 is 23.2 Å². The van der Waals surface area contributed by atoms with Crippen molar-refractivity contribution in [3.8, 4) is 0 Å². The SMILES string of the molecule is CC(C)N1CCN(C(=O)c2cc(Cc3c[nH]c(=O)c4cc(Cl)c(Cl)n34)ccc2F)CC1. The number of nitrogens with one attached hydrogen (secondary N) is 1. The monoisotopic (exact) mass is 464 g/mol. The minimum Gasteiger partial charge on any atom is -0.336 e. The molecule has 4 rings (SSSR count). The van der Waals surface area contributed by atoms with Gasteiger partial charge in [0.15, 0.2) is 0 Å². The number of hydrogen-bond acceptors (Lipinski definition) is 3. The number of H-pyrrole nitrogens is 1. The third kappa shape index (κ3) is 4.22. The van der Waals surface area contributed by atoms with Crippen molar-refractivity contribution in [2.45, 2.75) is 26.3 Å². The van der Waals surface area contributed by atoms with E-state index < -0.39 is 5.82 Å². The first-order valence-electron chi connectivity index (χ1n) is 10.1. The van der Waals surface area contributed by atoms with Gasteiger partial charge in [-0.2, -0.15) is 0 Å². The van der Waals surface area contributed by atoms with Crippen LogP contribution in [0.25, 0.3) is 5.52 Å². The molecule has 0 unspecified atom stereocenters. The number of amides is 1. The normalized spacial score (nSPS) is 15.2. The van der Waals surface area contributed by atoms with Gasteiger partial charge in [0.1, 0.15) is 16.5 Å². The third-order valence-corrected chi connectivity index (χ3v) is 6.52. The van der Waals surface area contributed by atoms with Crippen molar-refractivity contribution < 1.29 is 9.18 Å². The Hall–Kier alpha value is -2.35. The van der Waals surface area contributed by atoms with Gasteiger partial charge in [0.25, 0.3) is 11.5 Å². The topological polar surface area (TPSA) is 60.8 Å². The van der Waals surface area contributed by atoms with Crippen molar-refractivity contribution in [1.29, 1.82) is 0 Å². The van der Waals surface area contributed by atoms with Crippen LogP contribution in [-0.4, -0.2) is 57.3 Å². The molecule has 164 valence electrons. The summed E-state index contributed by atoms with van der Waals surface area (Å²) in [4.78, 5) is 31.7. The van der Waals surface area contributed by atoms with Gasteiger partial charge in [-0.25, -0.2) is 4.39 Å². The molecule has 1 aromatic carbocycles. The van der Waals surface area contributed by atoms with E-state index >= 15 is 0 Å². The van der Waals surface area contributed by atoms with E-state index in [1.807, 2.05) is 0 Å². The van der Waals surface area contributed by atoms with Gasteiger partial charge >= 0.3 is 0 Å². The number of carbonyl (C=O) groups excluding carboxylic acids is 1. The number of rotatable bonds is 4. The molecule has 1 N–H and O–H groups in total. The Morgan fingerprint density at radius 1 is 1.16 bits per heavy atom. The van der Waals surface area contributed by atoms with Gasteiger partial charge in [-0.15, -0.1) is 0 Å². The van der Waals surface area contributed by atoms with Crippen LogP contribution in [0, 0.1) is 5.82 Å². The molecule has 2 aromatic heterocycles. The Balaban J connectivity index is 1.61. The van der Waals surface area contributed by atoms with Gasteiger partial charge in [-0.1, -0.05) is 29.3 Å². The zero-order valence-electron chi connectivity index (χ0n) is 17.3. The lowest BCUT2D eigenvalue weighted by atomic mass is 10.0. The Labute approximate surface area is 189 Å². The number of benzene rings is 1. The van der Waals surface area contributed by atoms with Crippen LogP contribution in [0.5, 0.6) is 0 Å². The van der Waals surface area contributed by atoms with Gasteiger partial charge < -0.3 is 9.88 Å². The number of halogens is 3. The van der Waals surface area contributed by atoms with E-state index in [2.05, 4.69) is 23.7 Å². The van der Waals surface area contributed by atoms with Crippen LogP contribution in [0.1, 0.15) is 35.5 Å². The molecule has 1 saturated heterocycles. The molecule has 31 heavy (non-hydrogen) atoms. The highest BCUT2D eigenvalue weighted by Crippen LogP contribution is 2.27. The molecule has 1 aliphatic rings. The highest BCUT2D eigenvalue weighted by Gasteiger charge is 2.25. The summed E-state index contributed by atoms with van der Waals surface area (Å²) in [5, 5.41) is 0.509. The van der Waals surface area contributed by atoms with Crippen LogP contribution in [0.2, 0.25) is 10.2 Å². The second-order valence-electron chi connectivity index (χ2n) is 8.03. The van der Waals surface area contributed by atoms with Crippen molar-refractivity contribution in [2.75, 3.05) is 26.2 Å². The minimum atomic E-state index is -0.548. The lowest BCUT2D eigenvalue weighted by Crippen LogP contribution is -2.50. The molecule has 1 fully saturated rings. The number of aromatic amines is 1. The maximum absolute atomic E-state index is 14.5. The summed E-state index contributed by atoms with van der Waals surface area (Å²) in [6.45, 7) is 6.93. The summed E-state index contributed by atoms with van der Waals surface area (Å²) >= 11 is 12.4. The fourth-order valence-corrected chi connectivity index (χ4v) is 4.43. The number of aromatic nitrogens is 2. The van der Waals surface area contributed by atoms with Crippen molar-refractivity contribution in [2.24, 2.45) is 0 Å². The van der Waals surface area contributed by atoms with Gasteiger partial charge in [0, 0.05) is 50.5 Å². The van der Waals surface area contributed by atoms with Crippen molar-refractivity contribution in [3.05, 3.63) is 73.6 Å². The molecular weight excluding hydrogens is 442 g/mol. The molecule has 0 bridgehead atoms. The van der Waals surface area contributed by atoms with E-state index in [4.69, 9.17) is 23.2 Å². The summed E-state index contributed by atoms with van der Waals surface area (Å²) in [6.07, 6.45) is 1.88. The van der Waals surface area contributed by atoms with Crippen LogP contribution in [-0.2, 0) is 6.42 Å². The quantitative estimate of drug-likeness (QED) is 0.637. The maximum Gasteiger partial charge on any atom is 0.272 e. The Morgan fingerprint density at radius 3 is 2.55 bits per heavy atom. The first kappa shape index (κ1) is 21.9. The molecule has 0 spiro atoms. The summed E-state index contributed by atoms with van der Waals surface area (Å²) in [6, 6.07) is 6.42. The molecular formula is C22H23Cl2FN4O2. The number of fused-ring (bicyclic) bond motifs is 1. The highest BCUT2D eigenvalue weighted by molar-refractivity contribution is 6.42. The minimum absolute atomic E-state index is 0.0489. The molecule has 0 saturated carbocycles. The summed E-state index contributed by atoms with van der Waals surface area (Å²) < 4.78 is 16.1. The first-order chi connectivity index (χ1) is 14.8. The van der Waals surface area contributed by atoms with Gasteiger partial charge in [0.05, 0.1) is 10.6 Å². The van der Waals surface area contributed by atoms with Gasteiger partial charge in [0.2, 0.25) is 0 Å². The highest BCUT2D eigenvalue weighted by atomic mass is 35.5. The van der Waals surface area contributed by atoms with Crippen molar-refractivity contribution >= 4 is 34.6 Å². The maximum atomic E-state index is 14.5. The molecule has 1 amide bonds. The molecule has 6 nitrogen and oxygen atoms in total. The molecule has 0 atom stereocenters. The van der Waals surface area contributed by atoms with E-state index in [1.54, 1.807) is 27.6 Å². The third-order valence-electron chi connectivity index (χ3n) is 5.77. The van der Waals surface area contributed by atoms with E-state index in [-0.39, 0.29) is 27.2 Å². The lowest BCUT2D eigenvalue weighted by Gasteiger charge is -2.37. The van der Waals surface area contributed by atoms with Crippen LogP contribution in [0.3, 0.4) is 0 Å². The predicted molar refractivity (Wildman–Crippen MR) is 120 cm³/mol. The largest absolute Gasteiger partial charge is 0.336 e. The fourth-order valence-electron chi connectivity index (χ4n) is 3.99. The molecule has 3 heterocycles. The van der Waals surface area contributed by atoms with Crippen molar-refractivity contribution in [3.63, 3.8) is 0 Å². The van der Waals surface area contributed by atoms with Crippen LogP contribution in [0.4, 0.5) is 4.39 Å². The predicted octanol–water partition coefficient (Wildman–Crippen LogP) is 3.83. The zero-order chi connectivity index (χ0) is 22.3. The average Bonchev–Trinajstić information content (AvgIpc) is 3.06. The zero-order valence-corrected chi connectivity index (χ0v) is 18.8. The molecule has 1 aliphatic heterocycles.